The lowest BCUT2D eigenvalue weighted by Gasteiger charge is -2.42. The maximum atomic E-state index is 12.6. The third kappa shape index (κ3) is 5.46. The Kier molecular flexibility index (Phi) is 8.48. The molecule has 4 aliphatic rings. The fraction of sp³-hybridized carbons (Fsp3) is 0.533. The summed E-state index contributed by atoms with van der Waals surface area (Å²) in [5, 5.41) is 61.4. The number of fused-ring (bicyclic) bond motifs is 3. The van der Waals surface area contributed by atoms with Crippen molar-refractivity contribution in [2.75, 3.05) is 6.61 Å². The Morgan fingerprint density at radius 1 is 1.14 bits per heavy atom. The predicted molar refractivity (Wildman–Crippen MR) is 144 cm³/mol. The summed E-state index contributed by atoms with van der Waals surface area (Å²) in [4.78, 5) is 25.0. The number of aliphatic hydroxyl groups excluding tert-OH is 4. The number of rotatable bonds is 6. The zero-order valence-corrected chi connectivity index (χ0v) is 23.0. The van der Waals surface area contributed by atoms with E-state index in [0.717, 1.165) is 11.6 Å². The summed E-state index contributed by atoms with van der Waals surface area (Å²) in [6.07, 6.45) is -6.59. The fourth-order valence-corrected chi connectivity index (χ4v) is 6.64. The number of carbonyl (C=O) groups is 2. The molecule has 228 valence electrons. The molecule has 12 nitrogen and oxygen atoms in total. The van der Waals surface area contributed by atoms with Crippen LogP contribution in [-0.4, -0.2) is 98.2 Å². The molecule has 0 radical (unpaired) electrons. The van der Waals surface area contributed by atoms with Gasteiger partial charge in [0.2, 0.25) is 0 Å². The number of ether oxygens (including phenoxy) is 4. The van der Waals surface area contributed by atoms with E-state index in [-0.39, 0.29) is 29.3 Å². The molecular formula is C30H36O12. The number of phenolic OH excluding ortho intramolecular Hbond substituents is 2. The van der Waals surface area contributed by atoms with E-state index in [2.05, 4.69) is 13.2 Å². The normalized spacial score (nSPS) is 40.0. The van der Waals surface area contributed by atoms with Crippen LogP contribution in [0, 0.1) is 23.7 Å². The van der Waals surface area contributed by atoms with Crippen LogP contribution < -0.4 is 0 Å². The number of carbonyl (C=O) groups excluding carboxylic acids is 2. The molecular weight excluding hydrogens is 552 g/mol. The van der Waals surface area contributed by atoms with Crippen molar-refractivity contribution in [3.05, 3.63) is 54.1 Å². The largest absolute Gasteiger partial charge is 0.504 e. The van der Waals surface area contributed by atoms with Crippen LogP contribution >= 0.6 is 0 Å². The lowest BCUT2D eigenvalue weighted by molar-refractivity contribution is -0.309. The molecule has 1 aromatic carbocycles. The van der Waals surface area contributed by atoms with Crippen LogP contribution in [-0.2, 0) is 28.5 Å². The molecule has 2 saturated heterocycles. The molecule has 0 bridgehead atoms. The van der Waals surface area contributed by atoms with E-state index in [1.54, 1.807) is 6.92 Å². The van der Waals surface area contributed by atoms with Gasteiger partial charge in [0, 0.05) is 17.9 Å². The number of aliphatic hydroxyl groups is 4. The van der Waals surface area contributed by atoms with E-state index in [9.17, 15) is 40.2 Å². The van der Waals surface area contributed by atoms with Crippen molar-refractivity contribution in [1.82, 2.24) is 0 Å². The summed E-state index contributed by atoms with van der Waals surface area (Å²) in [7, 11) is 0. The van der Waals surface area contributed by atoms with Gasteiger partial charge in [0.25, 0.3) is 0 Å². The minimum atomic E-state index is -1.65. The molecule has 2 saturated carbocycles. The summed E-state index contributed by atoms with van der Waals surface area (Å²) in [5.41, 5.74) is 1.72. The molecule has 2 aliphatic carbocycles. The first-order chi connectivity index (χ1) is 19.9. The summed E-state index contributed by atoms with van der Waals surface area (Å²) in [6, 6.07) is 3.91. The molecule has 6 N–H and O–H groups in total. The van der Waals surface area contributed by atoms with Gasteiger partial charge >= 0.3 is 11.9 Å². The molecule has 5 rings (SSSR count). The van der Waals surface area contributed by atoms with Crippen LogP contribution in [0.5, 0.6) is 11.5 Å². The Bertz CT molecular complexity index is 1270. The first kappa shape index (κ1) is 30.2. The van der Waals surface area contributed by atoms with Crippen molar-refractivity contribution in [2.24, 2.45) is 23.7 Å². The molecule has 0 unspecified atom stereocenters. The minimum Gasteiger partial charge on any atom is -0.504 e. The van der Waals surface area contributed by atoms with Gasteiger partial charge in [-0.1, -0.05) is 31.7 Å². The standard InChI is InChI=1S/C30H36O12/c1-12-8-19(34)24-14(3)29(38)42-27(24)23-13(2)20(10-16(12)23)39-30-26(37)28(25(36)21(11-31)40-30)41-22(35)7-5-15-4-6-17(32)18(33)9-15/h4-7,9,14,16,19-21,23-28,30-34,36-37H,1-2,8,10-11H2,3H3/t14-,16-,19-,20-,21+,23-,24+,25+,26+,27+,28-,30+/m0/s1. The van der Waals surface area contributed by atoms with Crippen molar-refractivity contribution >= 4 is 18.0 Å². The molecule has 0 aromatic heterocycles. The summed E-state index contributed by atoms with van der Waals surface area (Å²) < 4.78 is 22.8. The van der Waals surface area contributed by atoms with E-state index in [1.807, 2.05) is 0 Å². The second-order valence-corrected chi connectivity index (χ2v) is 11.5. The van der Waals surface area contributed by atoms with Crippen molar-refractivity contribution < 1.29 is 59.2 Å². The Morgan fingerprint density at radius 2 is 1.88 bits per heavy atom. The monoisotopic (exact) mass is 588 g/mol. The number of phenols is 2. The Balaban J connectivity index is 1.30. The SMILES string of the molecule is C=C1[C@@H]2[C@H]3OC(=O)[C@@H](C)[C@@H]3[C@@H](O)CC(=C)[C@@H]2C[C@@H]1O[C@@H]1O[C@H](CO)[C@@H](O)[C@H](OC(=O)C=Cc2ccc(O)c(O)c2)[C@H]1O. The van der Waals surface area contributed by atoms with Gasteiger partial charge in [-0.3, -0.25) is 4.79 Å². The molecule has 0 amide bonds. The van der Waals surface area contributed by atoms with Gasteiger partial charge in [-0.15, -0.1) is 0 Å². The first-order valence-corrected chi connectivity index (χ1v) is 13.8. The predicted octanol–water partition coefficient (Wildman–Crippen LogP) is 0.538. The highest BCUT2D eigenvalue weighted by molar-refractivity contribution is 5.87. The zero-order valence-electron chi connectivity index (χ0n) is 23.0. The summed E-state index contributed by atoms with van der Waals surface area (Å²) in [5.74, 6) is -3.57. The van der Waals surface area contributed by atoms with Crippen molar-refractivity contribution in [3.8, 4) is 11.5 Å². The van der Waals surface area contributed by atoms with Crippen LogP contribution in [0.3, 0.4) is 0 Å². The maximum absolute atomic E-state index is 12.6. The second kappa shape index (κ2) is 11.8. The molecule has 12 heteroatoms. The van der Waals surface area contributed by atoms with Gasteiger partial charge in [0.1, 0.15) is 24.4 Å². The Morgan fingerprint density at radius 3 is 2.57 bits per heavy atom. The molecule has 2 heterocycles. The van der Waals surface area contributed by atoms with Crippen molar-refractivity contribution in [2.45, 2.75) is 68.8 Å². The highest BCUT2D eigenvalue weighted by atomic mass is 16.7. The Labute approximate surface area is 242 Å². The molecule has 2 aliphatic heterocycles. The van der Waals surface area contributed by atoms with E-state index in [4.69, 9.17) is 18.9 Å². The highest BCUT2D eigenvalue weighted by Gasteiger charge is 2.58. The van der Waals surface area contributed by atoms with E-state index < -0.39 is 73.4 Å². The number of benzene rings is 1. The zero-order chi connectivity index (χ0) is 30.5. The van der Waals surface area contributed by atoms with Crippen LogP contribution in [0.2, 0.25) is 0 Å². The van der Waals surface area contributed by atoms with Crippen LogP contribution in [0.4, 0.5) is 0 Å². The third-order valence-corrected chi connectivity index (χ3v) is 8.90. The van der Waals surface area contributed by atoms with Gasteiger partial charge in [0.05, 0.1) is 24.7 Å². The minimum absolute atomic E-state index is 0.219. The first-order valence-electron chi connectivity index (χ1n) is 13.8. The van der Waals surface area contributed by atoms with Gasteiger partial charge < -0.3 is 49.6 Å². The molecule has 1 aromatic rings. The maximum Gasteiger partial charge on any atom is 0.331 e. The van der Waals surface area contributed by atoms with Gasteiger partial charge in [-0.2, -0.15) is 0 Å². The summed E-state index contributed by atoms with van der Waals surface area (Å²) >= 11 is 0. The quantitative estimate of drug-likeness (QED) is 0.117. The van der Waals surface area contributed by atoms with Gasteiger partial charge in [-0.05, 0) is 48.1 Å². The summed E-state index contributed by atoms with van der Waals surface area (Å²) in [6.45, 7) is 9.43. The topological polar surface area (TPSA) is 192 Å². The average Bonchev–Trinajstić information content (AvgIpc) is 3.39. The van der Waals surface area contributed by atoms with Gasteiger partial charge in [-0.25, -0.2) is 4.79 Å². The lowest BCUT2D eigenvalue weighted by Crippen LogP contribution is -2.61. The van der Waals surface area contributed by atoms with Crippen LogP contribution in [0.1, 0.15) is 25.3 Å². The molecule has 4 fully saturated rings. The highest BCUT2D eigenvalue weighted by Crippen LogP contribution is 2.53. The molecule has 42 heavy (non-hydrogen) atoms. The molecule has 0 spiro atoms. The van der Waals surface area contributed by atoms with E-state index in [1.165, 1.54) is 24.3 Å². The average molecular weight is 589 g/mol. The smallest absolute Gasteiger partial charge is 0.331 e. The number of hydrogen-bond donors (Lipinski definition) is 6. The van der Waals surface area contributed by atoms with Gasteiger partial charge in [0.15, 0.2) is 23.9 Å². The number of aromatic hydroxyl groups is 2. The van der Waals surface area contributed by atoms with Crippen LogP contribution in [0.15, 0.2) is 48.6 Å². The molecule has 12 atom stereocenters. The van der Waals surface area contributed by atoms with E-state index >= 15 is 0 Å². The van der Waals surface area contributed by atoms with Crippen molar-refractivity contribution in [1.29, 1.82) is 0 Å². The Hall–Kier alpha value is -3.26. The van der Waals surface area contributed by atoms with E-state index in [0.29, 0.717) is 24.0 Å². The van der Waals surface area contributed by atoms with Crippen LogP contribution in [0.25, 0.3) is 6.08 Å². The second-order valence-electron chi connectivity index (χ2n) is 11.5. The number of hydrogen-bond acceptors (Lipinski definition) is 12. The third-order valence-electron chi connectivity index (χ3n) is 8.90. The van der Waals surface area contributed by atoms with Crippen molar-refractivity contribution in [3.63, 3.8) is 0 Å². The number of esters is 2. The fourth-order valence-electron chi connectivity index (χ4n) is 6.64. The lowest BCUT2D eigenvalue weighted by atomic mass is 9.79.